The first-order chi connectivity index (χ1) is 17.1. The molecule has 0 unspecified atom stereocenters. The molecule has 8 heteroatoms. The van der Waals surface area contributed by atoms with Crippen LogP contribution in [0.5, 0.6) is 5.75 Å². The summed E-state index contributed by atoms with van der Waals surface area (Å²) in [7, 11) is 0. The molecule has 3 amide bonds. The molecule has 182 valence electrons. The number of carbonyl (C=O) groups is 4. The third kappa shape index (κ3) is 4.11. The SMILES string of the molecule is Cc1ccc(N2C[C@H](C(=O)Oc3ccc(N4C(=O)c5ccc(Br)cc5C4=O)c(C)c3)CC2=O)cc1C. The van der Waals surface area contributed by atoms with Crippen LogP contribution in [0.4, 0.5) is 11.4 Å². The maximum absolute atomic E-state index is 12.9. The van der Waals surface area contributed by atoms with E-state index in [-0.39, 0.29) is 24.6 Å². The van der Waals surface area contributed by atoms with Gasteiger partial charge in [0.05, 0.1) is 22.7 Å². The molecule has 0 aliphatic carbocycles. The minimum atomic E-state index is -0.589. The van der Waals surface area contributed by atoms with E-state index in [1.807, 2.05) is 32.0 Å². The van der Waals surface area contributed by atoms with Gasteiger partial charge in [-0.3, -0.25) is 19.2 Å². The molecule has 0 bridgehead atoms. The molecular weight excluding hydrogens is 524 g/mol. The molecule has 1 atom stereocenters. The van der Waals surface area contributed by atoms with Crippen LogP contribution < -0.4 is 14.5 Å². The fourth-order valence-corrected chi connectivity index (χ4v) is 4.94. The molecule has 0 saturated carbocycles. The Morgan fingerprint density at radius 3 is 2.33 bits per heavy atom. The van der Waals surface area contributed by atoms with Crippen LogP contribution >= 0.6 is 15.9 Å². The minimum Gasteiger partial charge on any atom is -0.426 e. The number of halogens is 1. The van der Waals surface area contributed by atoms with Crippen molar-refractivity contribution >= 4 is 51.0 Å². The van der Waals surface area contributed by atoms with Crippen LogP contribution in [-0.4, -0.2) is 30.2 Å². The number of amides is 3. The monoisotopic (exact) mass is 546 g/mol. The Balaban J connectivity index is 1.30. The highest BCUT2D eigenvalue weighted by Gasteiger charge is 2.38. The quantitative estimate of drug-likeness (QED) is 0.257. The second-order valence-electron chi connectivity index (χ2n) is 9.18. The highest BCUT2D eigenvalue weighted by atomic mass is 79.9. The van der Waals surface area contributed by atoms with Gasteiger partial charge in [-0.25, -0.2) is 4.90 Å². The third-order valence-corrected chi connectivity index (χ3v) is 7.23. The molecule has 5 rings (SSSR count). The van der Waals surface area contributed by atoms with Crippen LogP contribution in [0.15, 0.2) is 59.1 Å². The van der Waals surface area contributed by atoms with E-state index in [0.717, 1.165) is 21.7 Å². The molecule has 3 aromatic rings. The average molecular weight is 547 g/mol. The van der Waals surface area contributed by atoms with Crippen LogP contribution in [0.1, 0.15) is 43.8 Å². The zero-order valence-electron chi connectivity index (χ0n) is 20.0. The summed E-state index contributed by atoms with van der Waals surface area (Å²) in [6.07, 6.45) is 0.0768. The number of imide groups is 1. The van der Waals surface area contributed by atoms with Crippen molar-refractivity contribution in [3.63, 3.8) is 0 Å². The Morgan fingerprint density at radius 2 is 1.61 bits per heavy atom. The molecular formula is C28H23BrN2O5. The van der Waals surface area contributed by atoms with Crippen LogP contribution in [0.2, 0.25) is 0 Å². The normalized spacial score (nSPS) is 17.1. The summed E-state index contributed by atoms with van der Waals surface area (Å²) in [6.45, 7) is 5.98. The number of fused-ring (bicyclic) bond motifs is 1. The lowest BCUT2D eigenvalue weighted by molar-refractivity contribution is -0.139. The molecule has 0 radical (unpaired) electrons. The molecule has 2 aliphatic rings. The molecule has 0 spiro atoms. The van der Waals surface area contributed by atoms with Crippen molar-refractivity contribution in [1.29, 1.82) is 0 Å². The van der Waals surface area contributed by atoms with Crippen LogP contribution in [0, 0.1) is 26.7 Å². The number of esters is 1. The average Bonchev–Trinajstić information content (AvgIpc) is 3.33. The first-order valence-electron chi connectivity index (χ1n) is 11.5. The summed E-state index contributed by atoms with van der Waals surface area (Å²) in [4.78, 5) is 54.1. The van der Waals surface area contributed by atoms with Crippen molar-refractivity contribution in [1.82, 2.24) is 0 Å². The maximum atomic E-state index is 12.9. The van der Waals surface area contributed by atoms with E-state index in [9.17, 15) is 19.2 Å². The third-order valence-electron chi connectivity index (χ3n) is 6.74. The molecule has 1 saturated heterocycles. The Bertz CT molecular complexity index is 1460. The number of carbonyl (C=O) groups excluding carboxylic acids is 4. The number of ether oxygens (including phenoxy) is 1. The molecule has 0 aromatic heterocycles. The summed E-state index contributed by atoms with van der Waals surface area (Å²) < 4.78 is 6.30. The molecule has 0 N–H and O–H groups in total. The second kappa shape index (κ2) is 9.02. The number of anilines is 2. The topological polar surface area (TPSA) is 84.0 Å². The second-order valence-corrected chi connectivity index (χ2v) is 10.1. The largest absolute Gasteiger partial charge is 0.426 e. The van der Waals surface area contributed by atoms with E-state index in [0.29, 0.717) is 26.9 Å². The zero-order chi connectivity index (χ0) is 25.7. The number of hydrogen-bond acceptors (Lipinski definition) is 5. The van der Waals surface area contributed by atoms with Gasteiger partial charge in [0.1, 0.15) is 5.75 Å². The minimum absolute atomic E-state index is 0.0768. The van der Waals surface area contributed by atoms with E-state index in [2.05, 4.69) is 15.9 Å². The molecule has 3 aromatic carbocycles. The van der Waals surface area contributed by atoms with E-state index in [1.54, 1.807) is 48.2 Å². The standard InChI is InChI=1S/C28H23BrN2O5/c1-15-4-6-20(10-16(15)2)30-14-18(12-25(30)32)28(35)36-21-7-9-24(17(3)11-21)31-26(33)22-8-5-19(29)13-23(22)27(31)34/h4-11,13,18H,12,14H2,1-3H3/t18-/m1/s1. The Morgan fingerprint density at radius 1 is 0.861 bits per heavy atom. The lowest BCUT2D eigenvalue weighted by Crippen LogP contribution is -2.30. The van der Waals surface area contributed by atoms with Gasteiger partial charge in [-0.15, -0.1) is 0 Å². The van der Waals surface area contributed by atoms with Gasteiger partial charge in [0.15, 0.2) is 0 Å². The molecule has 36 heavy (non-hydrogen) atoms. The summed E-state index contributed by atoms with van der Waals surface area (Å²) in [6, 6.07) is 15.5. The van der Waals surface area contributed by atoms with Gasteiger partial charge < -0.3 is 9.64 Å². The smallest absolute Gasteiger partial charge is 0.316 e. The van der Waals surface area contributed by atoms with Crippen molar-refractivity contribution < 1.29 is 23.9 Å². The van der Waals surface area contributed by atoms with Crippen molar-refractivity contribution in [2.24, 2.45) is 5.92 Å². The van der Waals surface area contributed by atoms with E-state index in [1.165, 1.54) is 0 Å². The number of aryl methyl sites for hydroxylation is 3. The van der Waals surface area contributed by atoms with Crippen LogP contribution in [-0.2, 0) is 9.59 Å². The molecule has 7 nitrogen and oxygen atoms in total. The summed E-state index contributed by atoms with van der Waals surface area (Å²) in [5.41, 5.74) is 4.69. The zero-order valence-corrected chi connectivity index (χ0v) is 21.6. The summed E-state index contributed by atoms with van der Waals surface area (Å²) >= 11 is 3.34. The first kappa shape index (κ1) is 23.9. The number of rotatable bonds is 4. The summed E-state index contributed by atoms with van der Waals surface area (Å²) in [5.74, 6) is -1.71. The van der Waals surface area contributed by atoms with Gasteiger partial charge in [0.25, 0.3) is 11.8 Å². The highest BCUT2D eigenvalue weighted by molar-refractivity contribution is 9.10. The lowest BCUT2D eigenvalue weighted by atomic mass is 10.1. The predicted molar refractivity (Wildman–Crippen MR) is 138 cm³/mol. The van der Waals surface area contributed by atoms with Gasteiger partial charge >= 0.3 is 5.97 Å². The number of hydrogen-bond donors (Lipinski definition) is 0. The van der Waals surface area contributed by atoms with E-state index >= 15 is 0 Å². The molecule has 1 fully saturated rings. The van der Waals surface area contributed by atoms with Gasteiger partial charge in [-0.1, -0.05) is 22.0 Å². The fourth-order valence-electron chi connectivity index (χ4n) is 4.58. The summed E-state index contributed by atoms with van der Waals surface area (Å²) in [5, 5.41) is 0. The van der Waals surface area contributed by atoms with Crippen LogP contribution in [0.25, 0.3) is 0 Å². The van der Waals surface area contributed by atoms with Gasteiger partial charge in [0.2, 0.25) is 5.91 Å². The van der Waals surface area contributed by atoms with Gasteiger partial charge in [-0.05, 0) is 86.0 Å². The number of nitrogens with zero attached hydrogens (tertiary/aromatic N) is 2. The highest BCUT2D eigenvalue weighted by Crippen LogP contribution is 2.34. The Hall–Kier alpha value is -3.78. The van der Waals surface area contributed by atoms with Crippen LogP contribution in [0.3, 0.4) is 0 Å². The van der Waals surface area contributed by atoms with Crippen molar-refractivity contribution in [2.75, 3.05) is 16.3 Å². The first-order valence-corrected chi connectivity index (χ1v) is 12.3. The van der Waals surface area contributed by atoms with Crippen molar-refractivity contribution in [3.8, 4) is 5.75 Å². The Labute approximate surface area is 216 Å². The van der Waals surface area contributed by atoms with Gasteiger partial charge in [-0.2, -0.15) is 0 Å². The maximum Gasteiger partial charge on any atom is 0.316 e. The predicted octanol–water partition coefficient (Wildman–Crippen LogP) is 5.13. The van der Waals surface area contributed by atoms with E-state index < -0.39 is 23.7 Å². The molecule has 2 aliphatic heterocycles. The van der Waals surface area contributed by atoms with Gasteiger partial charge in [0, 0.05) is 23.1 Å². The fraction of sp³-hybridized carbons (Fsp3) is 0.214. The van der Waals surface area contributed by atoms with Crippen molar-refractivity contribution in [3.05, 3.63) is 86.9 Å². The van der Waals surface area contributed by atoms with E-state index in [4.69, 9.17) is 4.74 Å². The number of benzene rings is 3. The molecule has 2 heterocycles. The van der Waals surface area contributed by atoms with Crippen molar-refractivity contribution in [2.45, 2.75) is 27.2 Å². The lowest BCUT2D eigenvalue weighted by Gasteiger charge is -2.18. The Kier molecular flexibility index (Phi) is 6.00.